The third kappa shape index (κ3) is 5.00. The molecule has 0 aromatic heterocycles. The van der Waals surface area contributed by atoms with Crippen molar-refractivity contribution < 1.29 is 14.4 Å². The smallest absolute Gasteiger partial charge is 0.255 e. The number of nitrogens with one attached hydrogen (secondary N) is 3. The Hall–Kier alpha value is -2.51. The van der Waals surface area contributed by atoms with E-state index in [0.717, 1.165) is 11.3 Å². The molecule has 1 aliphatic rings. The van der Waals surface area contributed by atoms with Crippen molar-refractivity contribution in [2.24, 2.45) is 0 Å². The number of para-hydroxylation sites is 1. The van der Waals surface area contributed by atoms with E-state index >= 15 is 0 Å². The van der Waals surface area contributed by atoms with E-state index in [1.54, 1.807) is 12.1 Å². The molecule has 1 aliphatic heterocycles. The van der Waals surface area contributed by atoms with Gasteiger partial charge in [0.05, 0.1) is 6.04 Å². The first-order valence-electron chi connectivity index (χ1n) is 8.15. The zero-order valence-corrected chi connectivity index (χ0v) is 15.7. The average Bonchev–Trinajstić information content (AvgIpc) is 2.62. The topological polar surface area (TPSA) is 87.3 Å². The lowest BCUT2D eigenvalue weighted by Crippen LogP contribution is -2.50. The molecule has 2 aromatic rings. The number of halogens is 1. The van der Waals surface area contributed by atoms with Crippen molar-refractivity contribution in [1.82, 2.24) is 10.6 Å². The van der Waals surface area contributed by atoms with E-state index in [4.69, 9.17) is 0 Å². The lowest BCUT2D eigenvalue weighted by Gasteiger charge is -2.22. The van der Waals surface area contributed by atoms with E-state index in [9.17, 15) is 14.4 Å². The summed E-state index contributed by atoms with van der Waals surface area (Å²) < 4.78 is 0. The van der Waals surface area contributed by atoms with Crippen molar-refractivity contribution in [2.75, 3.05) is 5.32 Å². The number of carbonyl (C=O) groups is 3. The number of hydrogen-bond donors (Lipinski definition) is 3. The van der Waals surface area contributed by atoms with Crippen molar-refractivity contribution in [3.8, 4) is 0 Å². The molecule has 3 amide bonds. The van der Waals surface area contributed by atoms with E-state index in [0.29, 0.717) is 24.9 Å². The van der Waals surface area contributed by atoms with E-state index in [2.05, 4.69) is 16.0 Å². The Labute approximate surface area is 162 Å². The summed E-state index contributed by atoms with van der Waals surface area (Å²) in [6.45, 7) is 0.366. The molecule has 6 nitrogen and oxygen atoms in total. The van der Waals surface area contributed by atoms with E-state index in [1.165, 1.54) is 0 Å². The lowest BCUT2D eigenvalue weighted by atomic mass is 10.0. The van der Waals surface area contributed by atoms with Gasteiger partial charge in [-0.1, -0.05) is 36.4 Å². The van der Waals surface area contributed by atoms with Crippen LogP contribution in [0.2, 0.25) is 0 Å². The normalized spacial score (nSPS) is 16.4. The predicted molar refractivity (Wildman–Crippen MR) is 104 cm³/mol. The van der Waals surface area contributed by atoms with Gasteiger partial charge in [-0.2, -0.15) is 0 Å². The summed E-state index contributed by atoms with van der Waals surface area (Å²) in [5.41, 5.74) is 2.06. The second-order valence-electron chi connectivity index (χ2n) is 5.86. The highest BCUT2D eigenvalue weighted by Gasteiger charge is 2.26. The minimum atomic E-state index is -0.428. The maximum atomic E-state index is 12.5. The molecule has 2 aromatic carbocycles. The van der Waals surface area contributed by atoms with Gasteiger partial charge in [0.1, 0.15) is 0 Å². The Kier molecular flexibility index (Phi) is 7.06. The molecule has 1 saturated heterocycles. The zero-order valence-electron chi connectivity index (χ0n) is 14.0. The zero-order chi connectivity index (χ0) is 17.6. The maximum absolute atomic E-state index is 12.5. The van der Waals surface area contributed by atoms with Gasteiger partial charge in [0.25, 0.3) is 5.91 Å². The molecule has 0 saturated carbocycles. The fourth-order valence-electron chi connectivity index (χ4n) is 2.74. The number of piperidine rings is 1. The first-order valence-corrected chi connectivity index (χ1v) is 8.15. The lowest BCUT2D eigenvalue weighted by molar-refractivity contribution is -0.134. The quantitative estimate of drug-likeness (QED) is 0.651. The van der Waals surface area contributed by atoms with Gasteiger partial charge in [-0.25, -0.2) is 0 Å². The molecule has 0 aliphatic carbocycles. The molecular weight excluding hydrogens is 398 g/mol. The Bertz CT molecular complexity index is 796. The van der Waals surface area contributed by atoms with Crippen molar-refractivity contribution >= 4 is 40.4 Å². The van der Waals surface area contributed by atoms with Gasteiger partial charge < -0.3 is 10.6 Å². The molecule has 3 N–H and O–H groups in total. The van der Waals surface area contributed by atoms with Gasteiger partial charge in [0.2, 0.25) is 11.8 Å². The fourth-order valence-corrected chi connectivity index (χ4v) is 2.74. The van der Waals surface area contributed by atoms with Crippen molar-refractivity contribution in [1.29, 1.82) is 0 Å². The van der Waals surface area contributed by atoms with E-state index in [1.807, 2.05) is 42.5 Å². The molecule has 3 rings (SSSR count). The summed E-state index contributed by atoms with van der Waals surface area (Å²) in [7, 11) is 0. The summed E-state index contributed by atoms with van der Waals surface area (Å²) in [6, 6.07) is 16.0. The SMILES string of the molecule is Br.O=C1CC[C@@H](NCc2ccccc2C(=O)Nc2ccccc2)C(=O)N1. The molecule has 0 radical (unpaired) electrons. The summed E-state index contributed by atoms with van der Waals surface area (Å²) in [4.78, 5) is 35.5. The molecule has 0 spiro atoms. The van der Waals surface area contributed by atoms with Gasteiger partial charge in [0, 0.05) is 24.2 Å². The highest BCUT2D eigenvalue weighted by molar-refractivity contribution is 8.93. The third-order valence-electron chi connectivity index (χ3n) is 4.07. The second kappa shape index (κ2) is 9.26. The molecule has 0 unspecified atom stereocenters. The monoisotopic (exact) mass is 417 g/mol. The Balaban J connectivity index is 0.00000243. The number of carbonyl (C=O) groups excluding carboxylic acids is 3. The minimum Gasteiger partial charge on any atom is -0.322 e. The number of imide groups is 1. The van der Waals surface area contributed by atoms with Crippen LogP contribution in [0.5, 0.6) is 0 Å². The van der Waals surface area contributed by atoms with Crippen LogP contribution in [-0.2, 0) is 16.1 Å². The molecule has 136 valence electrons. The Morgan fingerprint density at radius 3 is 2.46 bits per heavy atom. The first kappa shape index (κ1) is 19.8. The van der Waals surface area contributed by atoms with Gasteiger partial charge in [0.15, 0.2) is 0 Å². The summed E-state index contributed by atoms with van der Waals surface area (Å²) >= 11 is 0. The number of amides is 3. The Morgan fingerprint density at radius 2 is 1.73 bits per heavy atom. The van der Waals surface area contributed by atoms with Gasteiger partial charge in [-0.15, -0.1) is 17.0 Å². The van der Waals surface area contributed by atoms with Crippen LogP contribution in [0.3, 0.4) is 0 Å². The highest BCUT2D eigenvalue weighted by Crippen LogP contribution is 2.14. The largest absolute Gasteiger partial charge is 0.322 e. The fraction of sp³-hybridized carbons (Fsp3) is 0.211. The van der Waals surface area contributed by atoms with E-state index in [-0.39, 0.29) is 34.7 Å². The molecule has 7 heteroatoms. The number of hydrogen-bond acceptors (Lipinski definition) is 4. The van der Waals surface area contributed by atoms with Crippen LogP contribution in [0, 0.1) is 0 Å². The highest BCUT2D eigenvalue weighted by atomic mass is 79.9. The van der Waals surface area contributed by atoms with Gasteiger partial charge in [-0.05, 0) is 30.2 Å². The van der Waals surface area contributed by atoms with Crippen molar-refractivity contribution in [3.05, 3.63) is 65.7 Å². The van der Waals surface area contributed by atoms with Crippen LogP contribution in [0.4, 0.5) is 5.69 Å². The standard InChI is InChI=1S/C19H19N3O3.BrH/c23-17-11-10-16(19(25)22-17)20-12-13-6-4-5-9-15(13)18(24)21-14-7-2-1-3-8-14;/h1-9,16,20H,10-12H2,(H,21,24)(H,22,23,25);1H/t16-;/m1./s1. The molecule has 1 fully saturated rings. The van der Waals surface area contributed by atoms with Crippen LogP contribution >= 0.6 is 17.0 Å². The maximum Gasteiger partial charge on any atom is 0.255 e. The van der Waals surface area contributed by atoms with E-state index < -0.39 is 6.04 Å². The molecule has 1 heterocycles. The third-order valence-corrected chi connectivity index (χ3v) is 4.07. The molecule has 0 bridgehead atoms. The van der Waals surface area contributed by atoms with Crippen LogP contribution in [-0.4, -0.2) is 23.8 Å². The second-order valence-corrected chi connectivity index (χ2v) is 5.86. The number of benzene rings is 2. The predicted octanol–water partition coefficient (Wildman–Crippen LogP) is 2.41. The summed E-state index contributed by atoms with van der Waals surface area (Å²) in [6.07, 6.45) is 0.780. The summed E-state index contributed by atoms with van der Waals surface area (Å²) in [5, 5.41) is 8.30. The Morgan fingerprint density at radius 1 is 1.04 bits per heavy atom. The number of anilines is 1. The first-order chi connectivity index (χ1) is 12.1. The number of rotatable bonds is 5. The van der Waals surface area contributed by atoms with Gasteiger partial charge >= 0.3 is 0 Å². The molecular formula is C19H20BrN3O3. The van der Waals surface area contributed by atoms with Crippen molar-refractivity contribution in [3.63, 3.8) is 0 Å². The average molecular weight is 418 g/mol. The van der Waals surface area contributed by atoms with Gasteiger partial charge in [-0.3, -0.25) is 19.7 Å². The molecule has 26 heavy (non-hydrogen) atoms. The molecule has 1 atom stereocenters. The van der Waals surface area contributed by atoms with Crippen LogP contribution in [0.25, 0.3) is 0 Å². The van der Waals surface area contributed by atoms with Crippen LogP contribution < -0.4 is 16.0 Å². The van der Waals surface area contributed by atoms with Crippen LogP contribution in [0.15, 0.2) is 54.6 Å². The minimum absolute atomic E-state index is 0. The van der Waals surface area contributed by atoms with Crippen molar-refractivity contribution in [2.45, 2.75) is 25.4 Å². The van der Waals surface area contributed by atoms with Crippen LogP contribution in [0.1, 0.15) is 28.8 Å². The summed E-state index contributed by atoms with van der Waals surface area (Å²) in [5.74, 6) is -0.764.